The van der Waals surface area contributed by atoms with Gasteiger partial charge in [0.15, 0.2) is 0 Å². The van der Waals surface area contributed by atoms with Gasteiger partial charge < -0.3 is 4.52 Å². The van der Waals surface area contributed by atoms with E-state index in [9.17, 15) is 0 Å². The van der Waals surface area contributed by atoms with Crippen LogP contribution in [-0.2, 0) is 11.8 Å². The zero-order valence-electron chi connectivity index (χ0n) is 11.0. The Kier molecular flexibility index (Phi) is 4.18. The third-order valence-corrected chi connectivity index (χ3v) is 5.94. The van der Waals surface area contributed by atoms with E-state index in [-0.39, 0.29) is 6.04 Å². The Morgan fingerprint density at radius 2 is 1.65 bits per heavy atom. The molecule has 0 bridgehead atoms. The Hall–Kier alpha value is -1.19. The van der Waals surface area contributed by atoms with Crippen molar-refractivity contribution < 1.29 is 4.52 Å². The third kappa shape index (κ3) is 3.28. The van der Waals surface area contributed by atoms with Gasteiger partial charge in [-0.1, -0.05) is 48.5 Å². The lowest BCUT2D eigenvalue weighted by molar-refractivity contribution is 0.495. The van der Waals surface area contributed by atoms with Crippen molar-refractivity contribution in [2.24, 2.45) is 0 Å². The molecule has 0 spiro atoms. The summed E-state index contributed by atoms with van der Waals surface area (Å²) in [5.74, 6) is 0.810. The molecular weight excluding hydrogens is 287 g/mol. The molecule has 2 aromatic carbocycles. The smallest absolute Gasteiger partial charge is 0.248 e. The van der Waals surface area contributed by atoms with E-state index in [0.717, 1.165) is 18.7 Å². The van der Waals surface area contributed by atoms with Gasteiger partial charge in [0.25, 0.3) is 0 Å². The average molecular weight is 304 g/mol. The maximum absolute atomic E-state index is 6.00. The first kappa shape index (κ1) is 13.8. The van der Waals surface area contributed by atoms with Crippen molar-refractivity contribution >= 4 is 18.4 Å². The number of hydrogen-bond donors (Lipinski definition) is 2. The lowest BCUT2D eigenvalue weighted by atomic mass is 10.1. The van der Waals surface area contributed by atoms with Gasteiger partial charge in [0.2, 0.25) is 6.57 Å². The van der Waals surface area contributed by atoms with Gasteiger partial charge in [-0.2, -0.15) is 0 Å². The molecule has 0 radical (unpaired) electrons. The molecule has 2 atom stereocenters. The van der Waals surface area contributed by atoms with Gasteiger partial charge in [0.1, 0.15) is 5.75 Å². The minimum Gasteiger partial charge on any atom is -0.441 e. The van der Waals surface area contributed by atoms with E-state index in [1.165, 1.54) is 5.56 Å². The minimum absolute atomic E-state index is 0.256. The van der Waals surface area contributed by atoms with Gasteiger partial charge in [-0.05, 0) is 35.9 Å². The van der Waals surface area contributed by atoms with E-state index in [1.54, 1.807) is 0 Å². The van der Waals surface area contributed by atoms with E-state index < -0.39 is 6.57 Å². The second-order valence-corrected chi connectivity index (χ2v) is 8.15. The highest BCUT2D eigenvalue weighted by Gasteiger charge is 2.28. The summed E-state index contributed by atoms with van der Waals surface area (Å²) in [5, 5.41) is 6.82. The topological polar surface area (TPSA) is 33.3 Å². The summed E-state index contributed by atoms with van der Waals surface area (Å²) in [6.07, 6.45) is 1.01. The summed E-state index contributed by atoms with van der Waals surface area (Å²) in [5.41, 5.74) is 1.26. The molecule has 0 aromatic heterocycles. The standard InChI is InChI=1S/C15H17N2OPS/c20-19(18-14-9-5-2-6-10-14)16-12-11-15(17-19)13-7-3-1-4-8-13/h1-10,15H,11-12H2,(H2,16,17,20)/t15-,19-/m1/s1. The predicted molar refractivity (Wildman–Crippen MR) is 86.3 cm³/mol. The average Bonchev–Trinajstić information content (AvgIpc) is 2.49. The fourth-order valence-corrected chi connectivity index (χ4v) is 4.94. The first-order valence-electron chi connectivity index (χ1n) is 6.68. The Morgan fingerprint density at radius 1 is 1.00 bits per heavy atom. The van der Waals surface area contributed by atoms with E-state index in [0.29, 0.717) is 0 Å². The van der Waals surface area contributed by atoms with Crippen LogP contribution in [0.15, 0.2) is 60.7 Å². The second kappa shape index (κ2) is 6.06. The molecule has 0 amide bonds. The van der Waals surface area contributed by atoms with Crippen molar-refractivity contribution in [3.63, 3.8) is 0 Å². The number of hydrogen-bond acceptors (Lipinski definition) is 2. The molecule has 0 saturated carbocycles. The lowest BCUT2D eigenvalue weighted by Crippen LogP contribution is -2.36. The molecule has 5 heteroatoms. The van der Waals surface area contributed by atoms with Crippen LogP contribution in [0.2, 0.25) is 0 Å². The molecule has 0 aliphatic carbocycles. The Bertz CT molecular complexity index is 606. The molecule has 1 aliphatic rings. The van der Waals surface area contributed by atoms with Crippen LogP contribution in [0.5, 0.6) is 5.75 Å². The van der Waals surface area contributed by atoms with E-state index in [2.05, 4.69) is 34.4 Å². The molecule has 1 fully saturated rings. The molecule has 2 N–H and O–H groups in total. The third-order valence-electron chi connectivity index (χ3n) is 3.26. The van der Waals surface area contributed by atoms with Gasteiger partial charge >= 0.3 is 0 Å². The minimum atomic E-state index is -2.22. The van der Waals surface area contributed by atoms with Crippen molar-refractivity contribution in [2.45, 2.75) is 12.5 Å². The molecule has 20 heavy (non-hydrogen) atoms. The SMILES string of the molecule is S=[P@]1(Oc2ccccc2)NCC[C@H](c2ccccc2)N1. The molecular formula is C15H17N2OPS. The predicted octanol–water partition coefficient (Wildman–Crippen LogP) is 3.61. The molecule has 0 unspecified atom stereocenters. The van der Waals surface area contributed by atoms with Crippen molar-refractivity contribution in [1.29, 1.82) is 0 Å². The first-order valence-corrected chi connectivity index (χ1v) is 9.40. The lowest BCUT2D eigenvalue weighted by Gasteiger charge is -2.34. The number of rotatable bonds is 3. The van der Waals surface area contributed by atoms with E-state index in [4.69, 9.17) is 16.3 Å². The van der Waals surface area contributed by atoms with Gasteiger partial charge in [0, 0.05) is 12.6 Å². The van der Waals surface area contributed by atoms with Crippen molar-refractivity contribution in [3.8, 4) is 5.75 Å². The van der Waals surface area contributed by atoms with Crippen LogP contribution >= 0.6 is 6.57 Å². The van der Waals surface area contributed by atoms with E-state index in [1.807, 2.05) is 36.4 Å². The Labute approximate surface area is 124 Å². The van der Waals surface area contributed by atoms with Crippen LogP contribution in [0.3, 0.4) is 0 Å². The molecule has 1 heterocycles. The highest BCUT2D eigenvalue weighted by atomic mass is 32.4. The van der Waals surface area contributed by atoms with Gasteiger partial charge in [0.05, 0.1) is 0 Å². The highest BCUT2D eigenvalue weighted by Crippen LogP contribution is 2.45. The fourth-order valence-electron chi connectivity index (χ4n) is 2.29. The van der Waals surface area contributed by atoms with Crippen LogP contribution in [0.1, 0.15) is 18.0 Å². The molecule has 1 aliphatic heterocycles. The largest absolute Gasteiger partial charge is 0.441 e. The van der Waals surface area contributed by atoms with Crippen LogP contribution in [0, 0.1) is 0 Å². The maximum atomic E-state index is 6.00. The van der Waals surface area contributed by atoms with Crippen LogP contribution in [-0.4, -0.2) is 6.54 Å². The summed E-state index contributed by atoms with van der Waals surface area (Å²) in [7, 11) is 0. The summed E-state index contributed by atoms with van der Waals surface area (Å²) in [6.45, 7) is -1.35. The Morgan fingerprint density at radius 3 is 2.35 bits per heavy atom. The van der Waals surface area contributed by atoms with Gasteiger partial charge in [-0.3, -0.25) is 0 Å². The Balaban J connectivity index is 1.76. The molecule has 104 valence electrons. The van der Waals surface area contributed by atoms with Crippen LogP contribution in [0.4, 0.5) is 0 Å². The first-order chi connectivity index (χ1) is 9.75. The normalized spacial score (nSPS) is 26.1. The zero-order valence-corrected chi connectivity index (χ0v) is 12.7. The summed E-state index contributed by atoms with van der Waals surface area (Å²) >= 11 is 5.68. The second-order valence-electron chi connectivity index (χ2n) is 4.74. The number of nitrogens with one attached hydrogen (secondary N) is 2. The maximum Gasteiger partial charge on any atom is 0.248 e. The molecule has 2 aromatic rings. The molecule has 3 nitrogen and oxygen atoms in total. The van der Waals surface area contributed by atoms with Crippen LogP contribution < -0.4 is 14.7 Å². The summed E-state index contributed by atoms with van der Waals surface area (Å²) in [4.78, 5) is 0. The molecule has 1 saturated heterocycles. The van der Waals surface area contributed by atoms with Crippen molar-refractivity contribution in [2.75, 3.05) is 6.54 Å². The highest BCUT2D eigenvalue weighted by molar-refractivity contribution is 8.10. The quantitative estimate of drug-likeness (QED) is 0.849. The van der Waals surface area contributed by atoms with Gasteiger partial charge in [-0.15, -0.1) is 0 Å². The summed E-state index contributed by atoms with van der Waals surface area (Å²) in [6, 6.07) is 20.4. The van der Waals surface area contributed by atoms with E-state index >= 15 is 0 Å². The zero-order chi connectivity index (χ0) is 13.8. The van der Waals surface area contributed by atoms with Crippen LogP contribution in [0.25, 0.3) is 0 Å². The monoisotopic (exact) mass is 304 g/mol. The fraction of sp³-hybridized carbons (Fsp3) is 0.200. The number of para-hydroxylation sites is 1. The number of benzene rings is 2. The van der Waals surface area contributed by atoms with Crippen molar-refractivity contribution in [3.05, 3.63) is 66.2 Å². The van der Waals surface area contributed by atoms with Gasteiger partial charge in [-0.25, -0.2) is 10.2 Å². The van der Waals surface area contributed by atoms with Crippen molar-refractivity contribution in [1.82, 2.24) is 10.2 Å². The summed E-state index contributed by atoms with van der Waals surface area (Å²) < 4.78 is 6.00. The molecule has 3 rings (SSSR count).